The minimum Gasteiger partial charge on any atom is -0.361 e. The standard InChI is InChI=1S/C13H13ClN4S/c1-18-7-5-10(17-18)4-6-15-13-16-11-8-9(14)2-3-12(11)19-13/h2-3,5,7-8H,4,6H2,1H3,(H,15,16). The van der Waals surface area contributed by atoms with Crippen molar-refractivity contribution in [3.63, 3.8) is 0 Å². The first-order valence-electron chi connectivity index (χ1n) is 5.99. The zero-order valence-electron chi connectivity index (χ0n) is 10.4. The maximum Gasteiger partial charge on any atom is 0.183 e. The van der Waals surface area contributed by atoms with Crippen LogP contribution >= 0.6 is 22.9 Å². The highest BCUT2D eigenvalue weighted by atomic mass is 35.5. The van der Waals surface area contributed by atoms with Crippen molar-refractivity contribution in [1.29, 1.82) is 0 Å². The summed E-state index contributed by atoms with van der Waals surface area (Å²) in [6, 6.07) is 7.80. The lowest BCUT2D eigenvalue weighted by Gasteiger charge is -1.99. The van der Waals surface area contributed by atoms with Gasteiger partial charge in [-0.1, -0.05) is 22.9 Å². The molecule has 0 saturated carbocycles. The second kappa shape index (κ2) is 5.19. The highest BCUT2D eigenvalue weighted by Crippen LogP contribution is 2.27. The Bertz CT molecular complexity index is 704. The van der Waals surface area contributed by atoms with Crippen LogP contribution in [0.25, 0.3) is 10.2 Å². The van der Waals surface area contributed by atoms with Gasteiger partial charge in [0.05, 0.1) is 15.9 Å². The van der Waals surface area contributed by atoms with Gasteiger partial charge in [-0.05, 0) is 24.3 Å². The molecule has 0 bridgehead atoms. The number of halogens is 1. The van der Waals surface area contributed by atoms with Crippen molar-refractivity contribution < 1.29 is 0 Å². The molecule has 19 heavy (non-hydrogen) atoms. The molecular weight excluding hydrogens is 280 g/mol. The van der Waals surface area contributed by atoms with Crippen LogP contribution in [0.5, 0.6) is 0 Å². The number of aryl methyl sites for hydroxylation is 1. The van der Waals surface area contributed by atoms with Gasteiger partial charge in [-0.3, -0.25) is 4.68 Å². The van der Waals surface area contributed by atoms with Gasteiger partial charge in [0.15, 0.2) is 5.13 Å². The predicted octanol–water partition coefficient (Wildman–Crippen LogP) is 3.34. The van der Waals surface area contributed by atoms with Crippen LogP contribution in [0.4, 0.5) is 5.13 Å². The Morgan fingerprint density at radius 2 is 2.26 bits per heavy atom. The van der Waals surface area contributed by atoms with Gasteiger partial charge in [0.25, 0.3) is 0 Å². The molecule has 4 nitrogen and oxygen atoms in total. The fourth-order valence-electron chi connectivity index (χ4n) is 1.87. The summed E-state index contributed by atoms with van der Waals surface area (Å²) in [5.74, 6) is 0. The lowest BCUT2D eigenvalue weighted by molar-refractivity contribution is 0.742. The molecule has 6 heteroatoms. The average Bonchev–Trinajstić information content (AvgIpc) is 2.95. The van der Waals surface area contributed by atoms with Crippen LogP contribution in [0, 0.1) is 0 Å². The summed E-state index contributed by atoms with van der Waals surface area (Å²) < 4.78 is 2.96. The number of nitrogens with zero attached hydrogens (tertiary/aromatic N) is 3. The largest absolute Gasteiger partial charge is 0.361 e. The van der Waals surface area contributed by atoms with Gasteiger partial charge in [0.1, 0.15) is 0 Å². The third-order valence-electron chi connectivity index (χ3n) is 2.78. The van der Waals surface area contributed by atoms with Crippen LogP contribution < -0.4 is 5.32 Å². The number of anilines is 1. The van der Waals surface area contributed by atoms with Crippen molar-refractivity contribution in [1.82, 2.24) is 14.8 Å². The van der Waals surface area contributed by atoms with Gasteiger partial charge in [-0.25, -0.2) is 4.98 Å². The second-order valence-corrected chi connectivity index (χ2v) is 5.76. The molecule has 1 aromatic carbocycles. The number of nitrogens with one attached hydrogen (secondary N) is 1. The van der Waals surface area contributed by atoms with Gasteiger partial charge in [-0.15, -0.1) is 0 Å². The summed E-state index contributed by atoms with van der Waals surface area (Å²) in [7, 11) is 1.92. The fraction of sp³-hybridized carbons (Fsp3) is 0.231. The zero-order chi connectivity index (χ0) is 13.2. The average molecular weight is 293 g/mol. The number of thiazole rings is 1. The quantitative estimate of drug-likeness (QED) is 0.802. The Morgan fingerprint density at radius 3 is 3.05 bits per heavy atom. The Hall–Kier alpha value is -1.59. The Labute approximate surface area is 120 Å². The Morgan fingerprint density at radius 1 is 1.37 bits per heavy atom. The van der Waals surface area contributed by atoms with Crippen LogP contribution in [-0.4, -0.2) is 21.3 Å². The smallest absolute Gasteiger partial charge is 0.183 e. The Kier molecular flexibility index (Phi) is 3.40. The lowest BCUT2D eigenvalue weighted by Crippen LogP contribution is -2.05. The van der Waals surface area contributed by atoms with Crippen LogP contribution in [0.3, 0.4) is 0 Å². The zero-order valence-corrected chi connectivity index (χ0v) is 12.0. The summed E-state index contributed by atoms with van der Waals surface area (Å²) in [5, 5.41) is 9.31. The molecular formula is C13H13ClN4S. The van der Waals surface area contributed by atoms with E-state index in [0.29, 0.717) is 0 Å². The van der Waals surface area contributed by atoms with Crippen LogP contribution in [0.2, 0.25) is 5.02 Å². The molecule has 0 fully saturated rings. The summed E-state index contributed by atoms with van der Waals surface area (Å²) in [5.41, 5.74) is 2.02. The second-order valence-electron chi connectivity index (χ2n) is 4.29. The minimum absolute atomic E-state index is 0.720. The molecule has 0 aliphatic heterocycles. The highest BCUT2D eigenvalue weighted by molar-refractivity contribution is 7.22. The molecule has 98 valence electrons. The first-order valence-corrected chi connectivity index (χ1v) is 7.19. The van der Waals surface area contributed by atoms with Gasteiger partial charge >= 0.3 is 0 Å². The molecule has 1 N–H and O–H groups in total. The minimum atomic E-state index is 0.720. The van der Waals surface area contributed by atoms with E-state index in [2.05, 4.69) is 15.4 Å². The molecule has 0 radical (unpaired) electrons. The molecule has 3 rings (SSSR count). The number of benzene rings is 1. The Balaban J connectivity index is 1.65. The molecule has 0 aliphatic rings. The molecule has 0 aliphatic carbocycles. The van der Waals surface area contributed by atoms with E-state index in [1.807, 2.05) is 42.2 Å². The number of rotatable bonds is 4. The summed E-state index contributed by atoms with van der Waals surface area (Å²) in [4.78, 5) is 4.51. The van der Waals surface area contributed by atoms with Crippen LogP contribution in [-0.2, 0) is 13.5 Å². The molecule has 0 saturated heterocycles. The first kappa shape index (κ1) is 12.4. The van der Waals surface area contributed by atoms with E-state index in [1.54, 1.807) is 11.3 Å². The third-order valence-corrected chi connectivity index (χ3v) is 4.01. The number of fused-ring (bicyclic) bond motifs is 1. The molecule has 0 spiro atoms. The van der Waals surface area contributed by atoms with E-state index in [9.17, 15) is 0 Å². The van der Waals surface area contributed by atoms with Gasteiger partial charge in [0.2, 0.25) is 0 Å². The van der Waals surface area contributed by atoms with E-state index in [0.717, 1.165) is 39.0 Å². The molecule has 0 amide bonds. The van der Waals surface area contributed by atoms with Gasteiger partial charge in [0, 0.05) is 31.2 Å². The van der Waals surface area contributed by atoms with E-state index in [1.165, 1.54) is 0 Å². The normalized spacial score (nSPS) is 11.1. The predicted molar refractivity (Wildman–Crippen MR) is 80.0 cm³/mol. The highest BCUT2D eigenvalue weighted by Gasteiger charge is 2.04. The van der Waals surface area contributed by atoms with Crippen molar-refractivity contribution in [2.45, 2.75) is 6.42 Å². The van der Waals surface area contributed by atoms with Crippen molar-refractivity contribution in [2.24, 2.45) is 7.05 Å². The van der Waals surface area contributed by atoms with Crippen molar-refractivity contribution >= 4 is 38.3 Å². The van der Waals surface area contributed by atoms with Gasteiger partial charge < -0.3 is 5.32 Å². The number of aromatic nitrogens is 3. The summed E-state index contributed by atoms with van der Waals surface area (Å²) in [6.45, 7) is 0.824. The van der Waals surface area contributed by atoms with Crippen molar-refractivity contribution in [3.8, 4) is 0 Å². The van der Waals surface area contributed by atoms with Crippen molar-refractivity contribution in [3.05, 3.63) is 41.2 Å². The molecule has 3 aromatic rings. The SMILES string of the molecule is Cn1ccc(CCNc2nc3cc(Cl)ccc3s2)n1. The first-order chi connectivity index (χ1) is 9.20. The third kappa shape index (κ3) is 2.88. The monoisotopic (exact) mass is 292 g/mol. The molecule has 2 heterocycles. The molecule has 0 atom stereocenters. The van der Waals surface area contributed by atoms with Gasteiger partial charge in [-0.2, -0.15) is 5.10 Å². The van der Waals surface area contributed by atoms with E-state index in [4.69, 9.17) is 11.6 Å². The number of hydrogen-bond acceptors (Lipinski definition) is 4. The topological polar surface area (TPSA) is 42.7 Å². The van der Waals surface area contributed by atoms with E-state index in [-0.39, 0.29) is 0 Å². The van der Waals surface area contributed by atoms with Crippen LogP contribution in [0.1, 0.15) is 5.69 Å². The van der Waals surface area contributed by atoms with E-state index < -0.39 is 0 Å². The molecule has 0 unspecified atom stereocenters. The maximum absolute atomic E-state index is 5.95. The number of hydrogen-bond donors (Lipinski definition) is 1. The van der Waals surface area contributed by atoms with E-state index >= 15 is 0 Å². The summed E-state index contributed by atoms with van der Waals surface area (Å²) >= 11 is 7.59. The van der Waals surface area contributed by atoms with Crippen molar-refractivity contribution in [2.75, 3.05) is 11.9 Å². The molecule has 2 aromatic heterocycles. The lowest BCUT2D eigenvalue weighted by atomic mass is 10.3. The maximum atomic E-state index is 5.95. The summed E-state index contributed by atoms with van der Waals surface area (Å²) in [6.07, 6.45) is 2.84. The van der Waals surface area contributed by atoms with Crippen LogP contribution in [0.15, 0.2) is 30.5 Å². The fourth-order valence-corrected chi connectivity index (χ4v) is 2.91.